The molecule has 0 heterocycles. The largest absolute Gasteiger partial charge is 0.388 e. The number of hydrogen-bond donors (Lipinski definition) is 2. The molecule has 3 heteroatoms. The molecule has 15 heavy (non-hydrogen) atoms. The van der Waals surface area contributed by atoms with Crippen molar-refractivity contribution in [2.24, 2.45) is 5.73 Å². The van der Waals surface area contributed by atoms with Gasteiger partial charge in [-0.3, -0.25) is 5.41 Å². The maximum atomic E-state index is 7.14. The van der Waals surface area contributed by atoms with Crippen LogP contribution in [-0.2, 0) is 0 Å². The van der Waals surface area contributed by atoms with E-state index in [9.17, 15) is 0 Å². The average molecular weight is 211 g/mol. The van der Waals surface area contributed by atoms with Crippen LogP contribution in [0.25, 0.3) is 0 Å². The first-order valence-electron chi connectivity index (χ1n) is 6.23. The first kappa shape index (κ1) is 12.5. The number of nitrogens with one attached hydrogen (secondary N) is 1. The van der Waals surface area contributed by atoms with Gasteiger partial charge in [0.15, 0.2) is 0 Å². The summed E-state index contributed by atoms with van der Waals surface area (Å²) in [6.45, 7) is 1.16. The van der Waals surface area contributed by atoms with E-state index in [1.54, 1.807) is 0 Å². The SMILES string of the molecule is CN(CCCCC(=N)N)C1CCCCC1. The summed E-state index contributed by atoms with van der Waals surface area (Å²) < 4.78 is 0. The van der Waals surface area contributed by atoms with Crippen molar-refractivity contribution >= 4 is 5.84 Å². The van der Waals surface area contributed by atoms with Gasteiger partial charge < -0.3 is 10.6 Å². The molecular weight excluding hydrogens is 186 g/mol. The molecule has 1 fully saturated rings. The second-order valence-electron chi connectivity index (χ2n) is 4.75. The van der Waals surface area contributed by atoms with Crippen LogP contribution in [0.4, 0.5) is 0 Å². The third-order valence-corrected chi connectivity index (χ3v) is 3.40. The molecule has 0 unspecified atom stereocenters. The number of rotatable bonds is 6. The second-order valence-corrected chi connectivity index (χ2v) is 4.75. The summed E-state index contributed by atoms with van der Waals surface area (Å²) in [6.07, 6.45) is 9.99. The van der Waals surface area contributed by atoms with Gasteiger partial charge in [-0.2, -0.15) is 0 Å². The Kier molecular flexibility index (Phi) is 5.69. The minimum Gasteiger partial charge on any atom is -0.388 e. The Labute approximate surface area is 93.5 Å². The molecule has 0 aliphatic heterocycles. The molecule has 3 N–H and O–H groups in total. The van der Waals surface area contributed by atoms with Crippen molar-refractivity contribution in [1.82, 2.24) is 4.90 Å². The van der Waals surface area contributed by atoms with Crippen LogP contribution < -0.4 is 5.73 Å². The van der Waals surface area contributed by atoms with Gasteiger partial charge in [-0.15, -0.1) is 0 Å². The van der Waals surface area contributed by atoms with Crippen molar-refractivity contribution in [2.45, 2.75) is 57.4 Å². The zero-order chi connectivity index (χ0) is 11.1. The standard InChI is InChI=1S/C12H25N3/c1-15(10-6-5-9-12(13)14)11-7-3-2-4-8-11/h11H,2-10H2,1H3,(H3,13,14). The molecule has 0 aromatic carbocycles. The predicted octanol–water partition coefficient (Wildman–Crippen LogP) is 2.36. The molecule has 0 radical (unpaired) electrons. The minimum absolute atomic E-state index is 0.329. The minimum atomic E-state index is 0.329. The monoisotopic (exact) mass is 211 g/mol. The van der Waals surface area contributed by atoms with E-state index in [1.807, 2.05) is 0 Å². The molecular formula is C12H25N3. The summed E-state index contributed by atoms with van der Waals surface area (Å²) in [7, 11) is 2.24. The molecule has 0 aromatic rings. The highest BCUT2D eigenvalue weighted by atomic mass is 15.1. The zero-order valence-corrected chi connectivity index (χ0v) is 9.97. The number of unbranched alkanes of at least 4 members (excludes halogenated alkanes) is 1. The Hall–Kier alpha value is -0.570. The van der Waals surface area contributed by atoms with E-state index in [1.165, 1.54) is 38.5 Å². The van der Waals surface area contributed by atoms with E-state index in [0.29, 0.717) is 5.84 Å². The van der Waals surface area contributed by atoms with Gasteiger partial charge >= 0.3 is 0 Å². The third-order valence-electron chi connectivity index (χ3n) is 3.40. The van der Waals surface area contributed by atoms with Crippen LogP contribution in [0, 0.1) is 5.41 Å². The van der Waals surface area contributed by atoms with Gasteiger partial charge in [0.05, 0.1) is 5.84 Å². The van der Waals surface area contributed by atoms with E-state index < -0.39 is 0 Å². The van der Waals surface area contributed by atoms with Crippen LogP contribution in [0.5, 0.6) is 0 Å². The number of amidine groups is 1. The van der Waals surface area contributed by atoms with Crippen molar-refractivity contribution in [2.75, 3.05) is 13.6 Å². The van der Waals surface area contributed by atoms with E-state index in [-0.39, 0.29) is 0 Å². The Balaban J connectivity index is 2.06. The summed E-state index contributed by atoms with van der Waals surface area (Å²) in [5, 5.41) is 7.14. The van der Waals surface area contributed by atoms with E-state index in [0.717, 1.165) is 25.4 Å². The molecule has 0 saturated heterocycles. The number of nitrogens with zero attached hydrogens (tertiary/aromatic N) is 1. The highest BCUT2D eigenvalue weighted by Gasteiger charge is 2.16. The van der Waals surface area contributed by atoms with Crippen molar-refractivity contribution in [3.05, 3.63) is 0 Å². The van der Waals surface area contributed by atoms with Gasteiger partial charge in [-0.25, -0.2) is 0 Å². The topological polar surface area (TPSA) is 53.1 Å². The first-order chi connectivity index (χ1) is 7.20. The smallest absolute Gasteiger partial charge is 0.0905 e. The fourth-order valence-electron chi connectivity index (χ4n) is 2.38. The van der Waals surface area contributed by atoms with Crippen LogP contribution in [0.3, 0.4) is 0 Å². The zero-order valence-electron chi connectivity index (χ0n) is 9.97. The lowest BCUT2D eigenvalue weighted by Gasteiger charge is -2.31. The summed E-state index contributed by atoms with van der Waals surface area (Å²) in [5.74, 6) is 0.329. The summed E-state index contributed by atoms with van der Waals surface area (Å²) in [4.78, 5) is 2.50. The van der Waals surface area contributed by atoms with Gasteiger partial charge in [0.2, 0.25) is 0 Å². The van der Waals surface area contributed by atoms with E-state index in [2.05, 4.69) is 11.9 Å². The fourth-order valence-corrected chi connectivity index (χ4v) is 2.38. The summed E-state index contributed by atoms with van der Waals surface area (Å²) >= 11 is 0. The highest BCUT2D eigenvalue weighted by molar-refractivity contribution is 5.76. The fraction of sp³-hybridized carbons (Fsp3) is 0.917. The lowest BCUT2D eigenvalue weighted by atomic mass is 9.94. The van der Waals surface area contributed by atoms with Crippen molar-refractivity contribution in [1.29, 1.82) is 5.41 Å². The molecule has 0 amide bonds. The lowest BCUT2D eigenvalue weighted by Crippen LogP contribution is -2.34. The van der Waals surface area contributed by atoms with Crippen LogP contribution in [-0.4, -0.2) is 30.4 Å². The lowest BCUT2D eigenvalue weighted by molar-refractivity contribution is 0.189. The Morgan fingerprint density at radius 2 is 1.93 bits per heavy atom. The number of nitrogens with two attached hydrogens (primary N) is 1. The molecule has 1 saturated carbocycles. The normalized spacial score (nSPS) is 18.3. The molecule has 1 rings (SSSR count). The van der Waals surface area contributed by atoms with E-state index in [4.69, 9.17) is 11.1 Å². The van der Waals surface area contributed by atoms with E-state index >= 15 is 0 Å². The maximum absolute atomic E-state index is 7.14. The van der Waals surface area contributed by atoms with Crippen molar-refractivity contribution in [3.8, 4) is 0 Å². The van der Waals surface area contributed by atoms with Gasteiger partial charge in [0.25, 0.3) is 0 Å². The predicted molar refractivity (Wildman–Crippen MR) is 65.3 cm³/mol. The average Bonchev–Trinajstić information content (AvgIpc) is 2.25. The Morgan fingerprint density at radius 3 is 2.53 bits per heavy atom. The maximum Gasteiger partial charge on any atom is 0.0905 e. The summed E-state index contributed by atoms with van der Waals surface area (Å²) in [5.41, 5.74) is 5.32. The second kappa shape index (κ2) is 6.83. The third kappa shape index (κ3) is 5.17. The molecule has 3 nitrogen and oxygen atoms in total. The molecule has 0 atom stereocenters. The van der Waals surface area contributed by atoms with Gasteiger partial charge in [0, 0.05) is 12.5 Å². The van der Waals surface area contributed by atoms with Crippen LogP contribution >= 0.6 is 0 Å². The first-order valence-corrected chi connectivity index (χ1v) is 6.23. The number of hydrogen-bond acceptors (Lipinski definition) is 2. The molecule has 0 bridgehead atoms. The van der Waals surface area contributed by atoms with Gasteiger partial charge in [-0.05, 0) is 39.3 Å². The molecule has 1 aliphatic rings. The molecule has 1 aliphatic carbocycles. The molecule has 0 spiro atoms. The molecule has 0 aromatic heterocycles. The summed E-state index contributed by atoms with van der Waals surface area (Å²) in [6, 6.07) is 0.816. The Morgan fingerprint density at radius 1 is 1.27 bits per heavy atom. The van der Waals surface area contributed by atoms with Crippen LogP contribution in [0.15, 0.2) is 0 Å². The van der Waals surface area contributed by atoms with Gasteiger partial charge in [-0.1, -0.05) is 19.3 Å². The van der Waals surface area contributed by atoms with Crippen LogP contribution in [0.2, 0.25) is 0 Å². The Bertz CT molecular complexity index is 185. The highest BCUT2D eigenvalue weighted by Crippen LogP contribution is 2.21. The van der Waals surface area contributed by atoms with Crippen molar-refractivity contribution < 1.29 is 0 Å². The van der Waals surface area contributed by atoms with Crippen LogP contribution in [0.1, 0.15) is 51.4 Å². The quantitative estimate of drug-likeness (QED) is 0.402. The van der Waals surface area contributed by atoms with Crippen molar-refractivity contribution in [3.63, 3.8) is 0 Å². The van der Waals surface area contributed by atoms with Gasteiger partial charge in [0.1, 0.15) is 0 Å². The molecule has 88 valence electrons.